The molecule has 0 aliphatic heterocycles. The molecule has 0 radical (unpaired) electrons. The second-order valence-corrected chi connectivity index (χ2v) is 4.60. The molecule has 1 aromatic rings. The van der Waals surface area contributed by atoms with Crippen LogP contribution in [0.1, 0.15) is 25.8 Å². The summed E-state index contributed by atoms with van der Waals surface area (Å²) < 4.78 is 0. The Labute approximate surface area is 96.3 Å². The van der Waals surface area contributed by atoms with E-state index in [1.807, 2.05) is 12.1 Å². The van der Waals surface area contributed by atoms with Gasteiger partial charge in [0.15, 0.2) is 0 Å². The number of hydrogen-bond donors (Lipinski definition) is 2. The highest BCUT2D eigenvalue weighted by Crippen LogP contribution is 2.17. The van der Waals surface area contributed by atoms with E-state index in [0.29, 0.717) is 5.92 Å². The molecule has 4 N–H and O–H groups in total. The predicted octanol–water partition coefficient (Wildman–Crippen LogP) is 1.85. The molecule has 0 spiro atoms. The fourth-order valence-electron chi connectivity index (χ4n) is 1.87. The SMILES string of the molecule is CC(Cc1ccc([NH3+])cc1)CC(C)C(=O)O. The number of carbonyl (C=O) groups is 1. The molecule has 88 valence electrons. The number of hydrogen-bond acceptors (Lipinski definition) is 1. The average Bonchev–Trinajstić information content (AvgIpc) is 2.21. The molecule has 3 heteroatoms. The van der Waals surface area contributed by atoms with Gasteiger partial charge in [-0.3, -0.25) is 4.79 Å². The van der Waals surface area contributed by atoms with E-state index in [9.17, 15) is 4.79 Å². The number of rotatable bonds is 5. The summed E-state index contributed by atoms with van der Waals surface area (Å²) in [6.45, 7) is 3.86. The van der Waals surface area contributed by atoms with Crippen LogP contribution in [0.4, 0.5) is 5.69 Å². The van der Waals surface area contributed by atoms with E-state index in [2.05, 4.69) is 24.8 Å². The van der Waals surface area contributed by atoms with E-state index in [1.165, 1.54) is 5.56 Å². The molecule has 3 nitrogen and oxygen atoms in total. The maximum Gasteiger partial charge on any atom is 0.306 e. The maximum absolute atomic E-state index is 10.7. The van der Waals surface area contributed by atoms with E-state index in [4.69, 9.17) is 5.11 Å². The van der Waals surface area contributed by atoms with Crippen LogP contribution in [0.25, 0.3) is 0 Å². The smallest absolute Gasteiger partial charge is 0.306 e. The molecule has 2 atom stereocenters. The Kier molecular flexibility index (Phi) is 4.50. The molecule has 0 bridgehead atoms. The van der Waals surface area contributed by atoms with Crippen molar-refractivity contribution in [2.45, 2.75) is 26.7 Å². The first-order chi connectivity index (χ1) is 7.49. The van der Waals surface area contributed by atoms with Crippen LogP contribution in [0, 0.1) is 11.8 Å². The second kappa shape index (κ2) is 5.66. The Morgan fingerprint density at radius 3 is 2.38 bits per heavy atom. The third-order valence-corrected chi connectivity index (χ3v) is 2.78. The van der Waals surface area contributed by atoms with Gasteiger partial charge in [0.05, 0.1) is 5.92 Å². The lowest BCUT2D eigenvalue weighted by Crippen LogP contribution is -2.39. The molecule has 0 saturated carbocycles. The summed E-state index contributed by atoms with van der Waals surface area (Å²) in [6.07, 6.45) is 1.65. The predicted molar refractivity (Wildman–Crippen MR) is 63.3 cm³/mol. The molecule has 1 aromatic carbocycles. The van der Waals surface area contributed by atoms with Crippen molar-refractivity contribution in [2.24, 2.45) is 11.8 Å². The van der Waals surface area contributed by atoms with Crippen LogP contribution in [-0.2, 0) is 11.2 Å². The van der Waals surface area contributed by atoms with Gasteiger partial charge in [-0.2, -0.15) is 0 Å². The Balaban J connectivity index is 2.48. The summed E-state index contributed by atoms with van der Waals surface area (Å²) in [5.74, 6) is -0.580. The van der Waals surface area contributed by atoms with Crippen LogP contribution in [0.5, 0.6) is 0 Å². The van der Waals surface area contributed by atoms with Crippen molar-refractivity contribution >= 4 is 11.7 Å². The molecule has 0 saturated heterocycles. The average molecular weight is 222 g/mol. The normalized spacial score (nSPS) is 14.4. The topological polar surface area (TPSA) is 64.9 Å². The van der Waals surface area contributed by atoms with E-state index >= 15 is 0 Å². The highest BCUT2D eigenvalue weighted by Gasteiger charge is 2.15. The number of carboxylic acid groups (broad SMARTS) is 1. The van der Waals surface area contributed by atoms with Crippen molar-refractivity contribution in [2.75, 3.05) is 0 Å². The van der Waals surface area contributed by atoms with Crippen LogP contribution in [-0.4, -0.2) is 11.1 Å². The Bertz CT molecular complexity index is 345. The summed E-state index contributed by atoms with van der Waals surface area (Å²) in [6, 6.07) is 8.10. The van der Waals surface area contributed by atoms with Gasteiger partial charge in [0.25, 0.3) is 0 Å². The Morgan fingerprint density at radius 2 is 1.88 bits per heavy atom. The van der Waals surface area contributed by atoms with E-state index < -0.39 is 5.97 Å². The molecular formula is C13H20NO2+. The van der Waals surface area contributed by atoms with Gasteiger partial charge in [0.2, 0.25) is 0 Å². The summed E-state index contributed by atoms with van der Waals surface area (Å²) in [5.41, 5.74) is 6.09. The van der Waals surface area contributed by atoms with Gasteiger partial charge in [-0.15, -0.1) is 0 Å². The fourth-order valence-corrected chi connectivity index (χ4v) is 1.87. The Morgan fingerprint density at radius 1 is 1.31 bits per heavy atom. The molecule has 0 fully saturated rings. The van der Waals surface area contributed by atoms with Crippen molar-refractivity contribution in [3.8, 4) is 0 Å². The van der Waals surface area contributed by atoms with Gasteiger partial charge in [-0.25, -0.2) is 0 Å². The van der Waals surface area contributed by atoms with Crippen molar-refractivity contribution < 1.29 is 15.6 Å². The van der Waals surface area contributed by atoms with Crippen molar-refractivity contribution in [1.29, 1.82) is 0 Å². The van der Waals surface area contributed by atoms with Crippen LogP contribution >= 0.6 is 0 Å². The van der Waals surface area contributed by atoms with Crippen LogP contribution in [0.3, 0.4) is 0 Å². The quantitative estimate of drug-likeness (QED) is 0.798. The van der Waals surface area contributed by atoms with Crippen LogP contribution in [0.15, 0.2) is 24.3 Å². The molecule has 0 amide bonds. The number of quaternary nitrogens is 1. The zero-order valence-corrected chi connectivity index (χ0v) is 9.94. The molecule has 0 aromatic heterocycles. The minimum Gasteiger partial charge on any atom is -0.481 e. The summed E-state index contributed by atoms with van der Waals surface area (Å²) in [5, 5.41) is 8.83. The van der Waals surface area contributed by atoms with Gasteiger partial charge in [-0.05, 0) is 36.5 Å². The molecule has 2 unspecified atom stereocenters. The lowest BCUT2D eigenvalue weighted by atomic mass is 9.92. The highest BCUT2D eigenvalue weighted by molar-refractivity contribution is 5.69. The van der Waals surface area contributed by atoms with Crippen molar-refractivity contribution in [3.05, 3.63) is 29.8 Å². The van der Waals surface area contributed by atoms with Crippen molar-refractivity contribution in [3.63, 3.8) is 0 Å². The third kappa shape index (κ3) is 4.03. The first-order valence-electron chi connectivity index (χ1n) is 5.62. The summed E-state index contributed by atoms with van der Waals surface area (Å²) in [7, 11) is 0. The number of carboxylic acids is 1. The highest BCUT2D eigenvalue weighted by atomic mass is 16.4. The molecule has 0 aliphatic rings. The minimum atomic E-state index is -0.708. The van der Waals surface area contributed by atoms with Gasteiger partial charge < -0.3 is 10.8 Å². The molecule has 0 aliphatic carbocycles. The van der Waals surface area contributed by atoms with Gasteiger partial charge in [-0.1, -0.05) is 26.0 Å². The molecule has 0 heterocycles. The van der Waals surface area contributed by atoms with E-state index in [1.54, 1.807) is 6.92 Å². The van der Waals surface area contributed by atoms with E-state index in [0.717, 1.165) is 18.5 Å². The first kappa shape index (κ1) is 12.7. The fraction of sp³-hybridized carbons (Fsp3) is 0.462. The maximum atomic E-state index is 10.7. The third-order valence-electron chi connectivity index (χ3n) is 2.78. The van der Waals surface area contributed by atoms with Gasteiger partial charge in [0, 0.05) is 0 Å². The molecule has 1 rings (SSSR count). The summed E-state index contributed by atoms with van der Waals surface area (Å²) in [4.78, 5) is 10.7. The number of aliphatic carboxylic acids is 1. The minimum absolute atomic E-state index is 0.262. The zero-order chi connectivity index (χ0) is 12.1. The monoisotopic (exact) mass is 222 g/mol. The standard InChI is InChI=1S/C13H19NO2/c1-9(7-10(2)13(15)16)8-11-3-5-12(14)6-4-11/h3-6,9-10H,7-8,14H2,1-2H3,(H,15,16)/p+1. The molecular weight excluding hydrogens is 202 g/mol. The van der Waals surface area contributed by atoms with Crippen molar-refractivity contribution in [1.82, 2.24) is 0 Å². The Hall–Kier alpha value is -1.35. The van der Waals surface area contributed by atoms with Gasteiger partial charge in [0.1, 0.15) is 5.69 Å². The lowest BCUT2D eigenvalue weighted by Gasteiger charge is -2.14. The van der Waals surface area contributed by atoms with Gasteiger partial charge >= 0.3 is 5.97 Å². The zero-order valence-electron chi connectivity index (χ0n) is 9.94. The van der Waals surface area contributed by atoms with Crippen LogP contribution < -0.4 is 5.73 Å². The van der Waals surface area contributed by atoms with Crippen LogP contribution in [0.2, 0.25) is 0 Å². The number of benzene rings is 1. The largest absolute Gasteiger partial charge is 0.481 e. The first-order valence-corrected chi connectivity index (χ1v) is 5.62. The second-order valence-electron chi connectivity index (χ2n) is 4.60. The molecule has 16 heavy (non-hydrogen) atoms. The summed E-state index contributed by atoms with van der Waals surface area (Å²) >= 11 is 0. The lowest BCUT2D eigenvalue weighted by molar-refractivity contribution is -0.254. The van der Waals surface area contributed by atoms with E-state index in [-0.39, 0.29) is 5.92 Å².